The molecule has 1 aromatic heterocycles. The van der Waals surface area contributed by atoms with Gasteiger partial charge in [-0.15, -0.1) is 0 Å². The van der Waals surface area contributed by atoms with Crippen LogP contribution in [0.5, 0.6) is 0 Å². The number of thioether (sulfide) groups is 1. The Hall–Kier alpha value is -2.06. The molecule has 5 rings (SSSR count). The summed E-state index contributed by atoms with van der Waals surface area (Å²) in [5.41, 5.74) is 1.01. The van der Waals surface area contributed by atoms with E-state index in [1.54, 1.807) is 0 Å². The summed E-state index contributed by atoms with van der Waals surface area (Å²) in [7, 11) is 0. The van der Waals surface area contributed by atoms with Crippen LogP contribution in [-0.2, 0) is 6.42 Å². The van der Waals surface area contributed by atoms with Gasteiger partial charge in [-0.25, -0.2) is 9.67 Å². The molecule has 0 N–H and O–H groups in total. The van der Waals surface area contributed by atoms with Gasteiger partial charge in [0.15, 0.2) is 5.82 Å². The number of piperidine rings is 1. The molecular weight excluding hydrogens is 445 g/mol. The Bertz CT molecular complexity index is 1080. The fourth-order valence-corrected chi connectivity index (χ4v) is 6.13. The van der Waals surface area contributed by atoms with Gasteiger partial charge in [0.2, 0.25) is 0 Å². The molecule has 2 aromatic carbocycles. The predicted molar refractivity (Wildman–Crippen MR) is 127 cm³/mol. The first kappa shape index (κ1) is 22.7. The van der Waals surface area contributed by atoms with Crippen LogP contribution in [0.3, 0.4) is 0 Å². The molecule has 176 valence electrons. The standard InChI is InChI=1S/C25H29F3N4S/c26-25(27,28)17-31-11-9-18(10-12-31)14-23-29-24(30-32(23)22-6-3-13-33-16-22)21-8-7-19-4-1-2-5-20(19)15-21/h1-2,4-5,7-8,15,18,22H,3,6,9-14,16-17H2. The van der Waals surface area contributed by atoms with Gasteiger partial charge in [-0.3, -0.25) is 4.90 Å². The molecule has 3 aromatic rings. The third kappa shape index (κ3) is 5.54. The number of likely N-dealkylation sites (tertiary alicyclic amines) is 1. The number of aromatic nitrogens is 3. The normalized spacial score (nSPS) is 21.0. The van der Waals surface area contributed by atoms with E-state index in [-0.39, 0.29) is 0 Å². The first-order valence-corrected chi connectivity index (χ1v) is 12.9. The second kappa shape index (κ2) is 9.66. The average Bonchev–Trinajstić information content (AvgIpc) is 3.23. The van der Waals surface area contributed by atoms with Crippen molar-refractivity contribution in [3.05, 3.63) is 48.3 Å². The van der Waals surface area contributed by atoms with Gasteiger partial charge in [-0.05, 0) is 67.3 Å². The van der Waals surface area contributed by atoms with Crippen LogP contribution in [0.1, 0.15) is 37.5 Å². The summed E-state index contributed by atoms with van der Waals surface area (Å²) in [6.07, 6.45) is 0.476. The minimum Gasteiger partial charge on any atom is -0.295 e. The topological polar surface area (TPSA) is 34.0 Å². The van der Waals surface area contributed by atoms with Crippen LogP contribution in [0, 0.1) is 5.92 Å². The maximum atomic E-state index is 12.7. The van der Waals surface area contributed by atoms with Crippen LogP contribution < -0.4 is 0 Å². The highest BCUT2D eigenvalue weighted by Crippen LogP contribution is 2.31. The van der Waals surface area contributed by atoms with Crippen molar-refractivity contribution in [3.8, 4) is 11.4 Å². The molecule has 0 bridgehead atoms. The number of rotatable bonds is 5. The Morgan fingerprint density at radius 1 is 1.00 bits per heavy atom. The molecule has 0 amide bonds. The fraction of sp³-hybridized carbons (Fsp3) is 0.520. The molecule has 33 heavy (non-hydrogen) atoms. The SMILES string of the molecule is FC(F)(F)CN1CCC(Cc2nc(-c3ccc4ccccc4c3)nn2C2CCCSC2)CC1. The molecule has 0 aliphatic carbocycles. The Balaban J connectivity index is 1.37. The van der Waals surface area contributed by atoms with E-state index >= 15 is 0 Å². The molecule has 0 spiro atoms. The van der Waals surface area contributed by atoms with Crippen LogP contribution in [-0.4, -0.2) is 57.0 Å². The highest BCUT2D eigenvalue weighted by atomic mass is 32.2. The van der Waals surface area contributed by atoms with Gasteiger partial charge in [0.1, 0.15) is 5.82 Å². The maximum Gasteiger partial charge on any atom is 0.401 e. The summed E-state index contributed by atoms with van der Waals surface area (Å²) in [6.45, 7) is 0.186. The Labute approximate surface area is 196 Å². The van der Waals surface area contributed by atoms with Crippen molar-refractivity contribution < 1.29 is 13.2 Å². The van der Waals surface area contributed by atoms with E-state index in [1.807, 2.05) is 23.9 Å². The quantitative estimate of drug-likeness (QED) is 0.455. The zero-order valence-corrected chi connectivity index (χ0v) is 19.4. The van der Waals surface area contributed by atoms with Crippen LogP contribution in [0.2, 0.25) is 0 Å². The van der Waals surface area contributed by atoms with Crippen LogP contribution in [0.25, 0.3) is 22.2 Å². The number of halogens is 3. The van der Waals surface area contributed by atoms with Crippen molar-refractivity contribution in [2.75, 3.05) is 31.1 Å². The number of hydrogen-bond acceptors (Lipinski definition) is 4. The minimum atomic E-state index is -4.12. The molecule has 1 unspecified atom stereocenters. The zero-order chi connectivity index (χ0) is 22.8. The lowest BCUT2D eigenvalue weighted by atomic mass is 9.93. The van der Waals surface area contributed by atoms with Crippen molar-refractivity contribution in [2.24, 2.45) is 5.92 Å². The molecule has 3 heterocycles. The predicted octanol–water partition coefficient (Wildman–Crippen LogP) is 5.98. The Kier molecular flexibility index (Phi) is 6.65. The molecule has 2 saturated heterocycles. The van der Waals surface area contributed by atoms with Gasteiger partial charge >= 0.3 is 6.18 Å². The van der Waals surface area contributed by atoms with E-state index in [4.69, 9.17) is 10.1 Å². The first-order valence-electron chi connectivity index (χ1n) is 11.8. The summed E-state index contributed by atoms with van der Waals surface area (Å²) in [6, 6.07) is 14.9. The van der Waals surface area contributed by atoms with Crippen molar-refractivity contribution in [2.45, 2.75) is 44.3 Å². The van der Waals surface area contributed by atoms with Gasteiger partial charge < -0.3 is 0 Å². The lowest BCUT2D eigenvalue weighted by Gasteiger charge is -2.32. The maximum absolute atomic E-state index is 12.7. The monoisotopic (exact) mass is 474 g/mol. The summed E-state index contributed by atoms with van der Waals surface area (Å²) in [4.78, 5) is 6.51. The molecule has 2 fully saturated rings. The van der Waals surface area contributed by atoms with E-state index in [9.17, 15) is 13.2 Å². The van der Waals surface area contributed by atoms with E-state index in [0.717, 1.165) is 54.0 Å². The Morgan fingerprint density at radius 2 is 1.79 bits per heavy atom. The van der Waals surface area contributed by atoms with E-state index in [1.165, 1.54) is 22.5 Å². The molecule has 1 atom stereocenters. The van der Waals surface area contributed by atoms with Crippen molar-refractivity contribution in [1.82, 2.24) is 19.7 Å². The van der Waals surface area contributed by atoms with Crippen LogP contribution >= 0.6 is 11.8 Å². The Morgan fingerprint density at radius 3 is 2.52 bits per heavy atom. The summed E-state index contributed by atoms with van der Waals surface area (Å²) in [5.74, 6) is 4.31. The smallest absolute Gasteiger partial charge is 0.295 e. The van der Waals surface area contributed by atoms with Gasteiger partial charge in [0, 0.05) is 17.7 Å². The summed E-state index contributed by atoms with van der Waals surface area (Å²) >= 11 is 1.96. The molecule has 2 aliphatic rings. The van der Waals surface area contributed by atoms with Crippen molar-refractivity contribution in [3.63, 3.8) is 0 Å². The highest BCUT2D eigenvalue weighted by Gasteiger charge is 2.33. The number of benzene rings is 2. The van der Waals surface area contributed by atoms with Crippen LogP contribution in [0.4, 0.5) is 13.2 Å². The molecule has 0 radical (unpaired) electrons. The molecule has 2 aliphatic heterocycles. The number of hydrogen-bond donors (Lipinski definition) is 0. The second-order valence-corrected chi connectivity index (χ2v) is 10.4. The number of nitrogens with zero attached hydrogens (tertiary/aromatic N) is 4. The second-order valence-electron chi connectivity index (χ2n) is 9.27. The van der Waals surface area contributed by atoms with E-state index in [0.29, 0.717) is 25.0 Å². The molecule has 4 nitrogen and oxygen atoms in total. The van der Waals surface area contributed by atoms with Gasteiger partial charge in [0.05, 0.1) is 12.6 Å². The van der Waals surface area contributed by atoms with Gasteiger partial charge in [0.25, 0.3) is 0 Å². The highest BCUT2D eigenvalue weighted by molar-refractivity contribution is 7.99. The van der Waals surface area contributed by atoms with Crippen molar-refractivity contribution in [1.29, 1.82) is 0 Å². The third-order valence-electron chi connectivity index (χ3n) is 6.77. The van der Waals surface area contributed by atoms with Gasteiger partial charge in [-0.2, -0.15) is 30.0 Å². The van der Waals surface area contributed by atoms with Crippen molar-refractivity contribution >= 4 is 22.5 Å². The van der Waals surface area contributed by atoms with Crippen LogP contribution in [0.15, 0.2) is 42.5 Å². The largest absolute Gasteiger partial charge is 0.401 e. The molecule has 0 saturated carbocycles. The lowest BCUT2D eigenvalue weighted by molar-refractivity contribution is -0.148. The van der Waals surface area contributed by atoms with E-state index < -0.39 is 12.7 Å². The minimum absolute atomic E-state index is 0.339. The third-order valence-corrected chi connectivity index (χ3v) is 7.97. The number of fused-ring (bicyclic) bond motifs is 1. The first-order chi connectivity index (χ1) is 15.9. The summed E-state index contributed by atoms with van der Waals surface area (Å²) in [5, 5.41) is 7.33. The fourth-order valence-electron chi connectivity index (χ4n) is 5.01. The van der Waals surface area contributed by atoms with Gasteiger partial charge in [-0.1, -0.05) is 36.4 Å². The lowest BCUT2D eigenvalue weighted by Crippen LogP contribution is -2.40. The molecular formula is C25H29F3N4S. The average molecular weight is 475 g/mol. The number of alkyl halides is 3. The summed E-state index contributed by atoms with van der Waals surface area (Å²) < 4.78 is 40.4. The van der Waals surface area contributed by atoms with E-state index in [2.05, 4.69) is 35.0 Å². The molecule has 8 heteroatoms. The zero-order valence-electron chi connectivity index (χ0n) is 18.6.